The van der Waals surface area contributed by atoms with Crippen LogP contribution < -0.4 is 15.4 Å². The van der Waals surface area contributed by atoms with Crippen molar-refractivity contribution in [2.24, 2.45) is 0 Å². The predicted octanol–water partition coefficient (Wildman–Crippen LogP) is 4.36. The first-order valence-electron chi connectivity index (χ1n) is 17.6. The number of nitro benzene ring substituents is 1. The van der Waals surface area contributed by atoms with Gasteiger partial charge in [0.05, 0.1) is 68.3 Å². The number of hydrogen-bond acceptors (Lipinski definition) is 14. The van der Waals surface area contributed by atoms with Crippen LogP contribution in [0.4, 0.5) is 15.3 Å². The fourth-order valence-electron chi connectivity index (χ4n) is 5.51. The van der Waals surface area contributed by atoms with Crippen LogP contribution in [0.1, 0.15) is 52.0 Å². The highest BCUT2D eigenvalue weighted by Gasteiger charge is 2.39. The average molecular weight is 771 g/mol. The second-order valence-electron chi connectivity index (χ2n) is 13.4. The van der Waals surface area contributed by atoms with Gasteiger partial charge >= 0.3 is 24.1 Å². The minimum absolute atomic E-state index is 0.00151. The summed E-state index contributed by atoms with van der Waals surface area (Å²) in [5, 5.41) is 27.6. The third-order valence-corrected chi connectivity index (χ3v) is 7.96. The highest BCUT2D eigenvalue weighted by molar-refractivity contribution is 6.00. The highest BCUT2D eigenvalue weighted by atomic mass is 16.6. The standard InChI is InChI=1S/C38H50N4O13/c1-25-31(34(44)50-5)32(26-13-12-14-27(21-26)42(48)49)33(35(45)51-6)30(40-25)24-52-20-17-39-36(46)53-19-11-10-18-41(37(47)55-38(2,3)4)22-28(43)23-54-29-15-8-7-9-16-29/h7-9,12-16,21,28,32,40,43H,10-11,17-20,22-24H2,1-6H3,(H,39,46). The van der Waals surface area contributed by atoms with E-state index in [9.17, 15) is 34.4 Å². The van der Waals surface area contributed by atoms with Crippen LogP contribution in [-0.4, -0.2) is 111 Å². The average Bonchev–Trinajstić information content (AvgIpc) is 3.15. The van der Waals surface area contributed by atoms with Gasteiger partial charge in [0, 0.05) is 30.9 Å². The molecule has 0 aliphatic carbocycles. The van der Waals surface area contributed by atoms with Crippen LogP contribution in [0.2, 0.25) is 0 Å². The Morgan fingerprint density at radius 1 is 0.982 bits per heavy atom. The lowest BCUT2D eigenvalue weighted by Gasteiger charge is -2.31. The van der Waals surface area contributed by atoms with Crippen molar-refractivity contribution in [1.82, 2.24) is 15.5 Å². The maximum atomic E-state index is 13.1. The number of dihydropyridines is 1. The van der Waals surface area contributed by atoms with Crippen LogP contribution in [0, 0.1) is 10.1 Å². The number of rotatable bonds is 19. The first-order chi connectivity index (χ1) is 26.1. The number of unbranched alkanes of at least 4 members (excludes halogenated alkanes) is 1. The highest BCUT2D eigenvalue weighted by Crippen LogP contribution is 2.40. The summed E-state index contributed by atoms with van der Waals surface area (Å²) in [5.41, 5.74) is -0.00474. The molecule has 1 aliphatic heterocycles. The number of alkyl carbamates (subject to hydrolysis) is 1. The number of hydrogen-bond donors (Lipinski definition) is 3. The van der Waals surface area contributed by atoms with Crippen molar-refractivity contribution in [3.05, 3.63) is 92.8 Å². The van der Waals surface area contributed by atoms with E-state index in [-0.39, 0.29) is 68.6 Å². The molecule has 0 spiro atoms. The molecule has 1 aliphatic rings. The minimum atomic E-state index is -1.07. The normalized spacial score (nSPS) is 14.6. The SMILES string of the molecule is COC(=O)C1=C(C)NC(COCCNC(=O)OCCCCN(CC(O)COc2ccccc2)C(=O)OC(C)(C)C)=C(C(=O)OC)C1c1cccc([N+](=O)[O-])c1. The van der Waals surface area contributed by atoms with E-state index in [1.54, 1.807) is 45.9 Å². The summed E-state index contributed by atoms with van der Waals surface area (Å²) in [4.78, 5) is 63.5. The number of carbonyl (C=O) groups excluding carboxylic acids is 4. The van der Waals surface area contributed by atoms with Gasteiger partial charge in [0.15, 0.2) is 0 Å². The number of allylic oxidation sites excluding steroid dienone is 1. The Kier molecular flexibility index (Phi) is 16.9. The minimum Gasteiger partial charge on any atom is -0.491 e. The zero-order valence-electron chi connectivity index (χ0n) is 32.0. The van der Waals surface area contributed by atoms with Gasteiger partial charge in [-0.2, -0.15) is 0 Å². The molecule has 17 heteroatoms. The van der Waals surface area contributed by atoms with Gasteiger partial charge in [-0.15, -0.1) is 0 Å². The molecule has 3 rings (SSSR count). The molecule has 55 heavy (non-hydrogen) atoms. The van der Waals surface area contributed by atoms with Crippen LogP contribution in [-0.2, 0) is 33.3 Å². The van der Waals surface area contributed by atoms with Crippen LogP contribution in [0.25, 0.3) is 0 Å². The maximum absolute atomic E-state index is 13.1. The van der Waals surface area contributed by atoms with E-state index >= 15 is 0 Å². The van der Waals surface area contributed by atoms with Crippen molar-refractivity contribution < 1.29 is 57.6 Å². The second kappa shape index (κ2) is 21.3. The molecule has 2 aromatic rings. The van der Waals surface area contributed by atoms with E-state index in [1.165, 1.54) is 37.3 Å². The summed E-state index contributed by atoms with van der Waals surface area (Å²) in [6.45, 7) is 6.98. The number of nitrogens with one attached hydrogen (secondary N) is 2. The summed E-state index contributed by atoms with van der Waals surface area (Å²) in [7, 11) is 2.35. The van der Waals surface area contributed by atoms with E-state index in [0.717, 1.165) is 0 Å². The molecule has 0 radical (unpaired) electrons. The van der Waals surface area contributed by atoms with E-state index < -0.39 is 46.7 Å². The van der Waals surface area contributed by atoms with Gasteiger partial charge in [0.1, 0.15) is 24.1 Å². The molecule has 17 nitrogen and oxygen atoms in total. The van der Waals surface area contributed by atoms with Gasteiger partial charge in [-0.05, 0) is 58.2 Å². The lowest BCUT2D eigenvalue weighted by molar-refractivity contribution is -0.384. The lowest BCUT2D eigenvalue weighted by Crippen LogP contribution is -2.43. The Bertz CT molecular complexity index is 1710. The molecule has 0 bridgehead atoms. The van der Waals surface area contributed by atoms with Crippen molar-refractivity contribution in [1.29, 1.82) is 0 Å². The van der Waals surface area contributed by atoms with Gasteiger partial charge in [-0.1, -0.05) is 30.3 Å². The molecule has 0 saturated carbocycles. The Morgan fingerprint density at radius 3 is 2.33 bits per heavy atom. The number of methoxy groups -OCH3 is 2. The number of esters is 2. The molecule has 0 fully saturated rings. The lowest BCUT2D eigenvalue weighted by atomic mass is 9.80. The molecule has 2 aromatic carbocycles. The van der Waals surface area contributed by atoms with E-state index in [1.807, 2.05) is 18.2 Å². The molecule has 2 atom stereocenters. The van der Waals surface area contributed by atoms with Crippen molar-refractivity contribution in [2.75, 3.05) is 60.3 Å². The number of nitrogens with zero attached hydrogens (tertiary/aromatic N) is 2. The summed E-state index contributed by atoms with van der Waals surface area (Å²) in [6.07, 6.45) is -1.38. The number of nitro groups is 1. The van der Waals surface area contributed by atoms with Crippen molar-refractivity contribution in [2.45, 2.75) is 58.2 Å². The van der Waals surface area contributed by atoms with Gasteiger partial charge in [-0.25, -0.2) is 19.2 Å². The number of non-ortho nitro benzene ring substituents is 1. The summed E-state index contributed by atoms with van der Waals surface area (Å²) in [6, 6.07) is 14.6. The molecule has 0 aromatic heterocycles. The number of carbonyl (C=O) groups is 4. The summed E-state index contributed by atoms with van der Waals surface area (Å²) >= 11 is 0. The third-order valence-electron chi connectivity index (χ3n) is 7.96. The molecule has 300 valence electrons. The fourth-order valence-corrected chi connectivity index (χ4v) is 5.51. The molecular formula is C38H50N4O13. The third kappa shape index (κ3) is 13.9. The molecule has 1 heterocycles. The number of ether oxygens (including phenoxy) is 6. The van der Waals surface area contributed by atoms with Gasteiger partial charge in [0.25, 0.3) is 5.69 Å². The number of aliphatic hydroxyl groups is 1. The van der Waals surface area contributed by atoms with E-state index in [4.69, 9.17) is 28.4 Å². The Hall–Kier alpha value is -5.68. The molecule has 0 saturated heterocycles. The Labute approximate surface area is 319 Å². The number of amides is 2. The topological polar surface area (TPSA) is 214 Å². The smallest absolute Gasteiger partial charge is 0.410 e. The summed E-state index contributed by atoms with van der Waals surface area (Å²) < 4.78 is 32.1. The Morgan fingerprint density at radius 2 is 1.67 bits per heavy atom. The summed E-state index contributed by atoms with van der Waals surface area (Å²) in [5.74, 6) is -2.01. The number of para-hydroxylation sites is 1. The van der Waals surface area contributed by atoms with Crippen molar-refractivity contribution in [3.8, 4) is 5.75 Å². The van der Waals surface area contributed by atoms with Gasteiger partial charge < -0.3 is 49.1 Å². The molecule has 2 unspecified atom stereocenters. The molecule has 3 N–H and O–H groups in total. The number of aliphatic hydroxyl groups excluding tert-OH is 1. The maximum Gasteiger partial charge on any atom is 0.410 e. The van der Waals surface area contributed by atoms with Gasteiger partial charge in [-0.3, -0.25) is 10.1 Å². The van der Waals surface area contributed by atoms with E-state index in [0.29, 0.717) is 29.9 Å². The molecular weight excluding hydrogens is 720 g/mol. The van der Waals surface area contributed by atoms with Crippen LogP contribution in [0.3, 0.4) is 0 Å². The monoisotopic (exact) mass is 770 g/mol. The first kappa shape index (κ1) is 43.7. The zero-order chi connectivity index (χ0) is 40.5. The van der Waals surface area contributed by atoms with E-state index in [2.05, 4.69) is 10.6 Å². The van der Waals surface area contributed by atoms with Crippen molar-refractivity contribution in [3.63, 3.8) is 0 Å². The largest absolute Gasteiger partial charge is 0.491 e. The zero-order valence-corrected chi connectivity index (χ0v) is 32.0. The molecule has 2 amide bonds. The van der Waals surface area contributed by atoms with Crippen LogP contribution >= 0.6 is 0 Å². The second-order valence-corrected chi connectivity index (χ2v) is 13.4. The quantitative estimate of drug-likeness (QED) is 0.0596. The first-order valence-corrected chi connectivity index (χ1v) is 17.6. The van der Waals surface area contributed by atoms with Gasteiger partial charge in [0.2, 0.25) is 0 Å². The Balaban J connectivity index is 1.51. The number of benzene rings is 2. The van der Waals surface area contributed by atoms with Crippen molar-refractivity contribution >= 4 is 29.8 Å². The fraction of sp³-hybridized carbons (Fsp3) is 0.474. The van der Waals surface area contributed by atoms with Crippen LogP contribution in [0.15, 0.2) is 77.1 Å². The predicted molar refractivity (Wildman–Crippen MR) is 198 cm³/mol. The van der Waals surface area contributed by atoms with Crippen LogP contribution in [0.5, 0.6) is 5.75 Å².